The average Bonchev–Trinajstić information content (AvgIpc) is 2.88. The lowest BCUT2D eigenvalue weighted by molar-refractivity contribution is -0.143. The molecule has 2 amide bonds. The van der Waals surface area contributed by atoms with E-state index in [9.17, 15) is 9.59 Å². The number of ether oxygens (including phenoxy) is 1. The van der Waals surface area contributed by atoms with Crippen LogP contribution >= 0.6 is 23.2 Å². The van der Waals surface area contributed by atoms with Crippen molar-refractivity contribution in [1.82, 2.24) is 10.2 Å². The average molecular weight is 527 g/mol. The van der Waals surface area contributed by atoms with E-state index in [1.54, 1.807) is 17.0 Å². The molecule has 0 aliphatic rings. The zero-order chi connectivity index (χ0) is 26.1. The fourth-order valence-electron chi connectivity index (χ4n) is 3.69. The van der Waals surface area contributed by atoms with Gasteiger partial charge in [0.2, 0.25) is 5.91 Å². The van der Waals surface area contributed by atoms with Crippen LogP contribution in [0.3, 0.4) is 0 Å². The van der Waals surface area contributed by atoms with Crippen LogP contribution in [0.1, 0.15) is 37.0 Å². The molecule has 0 fully saturated rings. The zero-order valence-electron chi connectivity index (χ0n) is 20.8. The Labute approximate surface area is 223 Å². The summed E-state index contributed by atoms with van der Waals surface area (Å²) >= 11 is 12.4. The summed E-state index contributed by atoms with van der Waals surface area (Å²) in [6, 6.07) is 21.6. The number of nitrogens with zero attached hydrogens (tertiary/aromatic N) is 1. The Kier molecular flexibility index (Phi) is 10.2. The highest BCUT2D eigenvalue weighted by molar-refractivity contribution is 6.42. The van der Waals surface area contributed by atoms with Crippen LogP contribution in [-0.2, 0) is 22.6 Å². The molecule has 7 heteroatoms. The Bertz CT molecular complexity index is 1150. The molecule has 0 aliphatic carbocycles. The van der Waals surface area contributed by atoms with Crippen LogP contribution in [0.5, 0.6) is 5.75 Å². The van der Waals surface area contributed by atoms with Crippen molar-refractivity contribution in [3.05, 3.63) is 99.5 Å². The summed E-state index contributed by atoms with van der Waals surface area (Å²) in [5.41, 5.74) is 2.82. The maximum Gasteiger partial charge on any atom is 0.261 e. The van der Waals surface area contributed by atoms with Gasteiger partial charge in [-0.2, -0.15) is 0 Å². The van der Waals surface area contributed by atoms with Gasteiger partial charge in [-0.25, -0.2) is 0 Å². The van der Waals surface area contributed by atoms with E-state index in [-0.39, 0.29) is 31.0 Å². The molecule has 0 aliphatic heterocycles. The SMILES string of the molecule is CC[C@H](C)NC(=O)[C@@H](Cc1ccccc1)N(Cc1ccc(Cl)c(Cl)c1)C(=O)COc1ccc(C)cc1. The van der Waals surface area contributed by atoms with Crippen molar-refractivity contribution in [3.63, 3.8) is 0 Å². The molecule has 0 saturated carbocycles. The van der Waals surface area contributed by atoms with E-state index < -0.39 is 6.04 Å². The first kappa shape index (κ1) is 27.6. The monoisotopic (exact) mass is 526 g/mol. The van der Waals surface area contributed by atoms with Gasteiger partial charge in [0.25, 0.3) is 5.91 Å². The standard InChI is InChI=1S/C29H32Cl2N2O3/c1-4-21(3)32-29(35)27(17-22-8-6-5-7-9-22)33(18-23-12-15-25(30)26(31)16-23)28(34)19-36-24-13-10-20(2)11-14-24/h5-16,21,27H,4,17-19H2,1-3H3,(H,32,35)/t21-,27+/m0/s1. The Hall–Kier alpha value is -3.02. The maximum atomic E-state index is 13.6. The van der Waals surface area contributed by atoms with Gasteiger partial charge < -0.3 is 15.0 Å². The number of hydrogen-bond donors (Lipinski definition) is 1. The fraction of sp³-hybridized carbons (Fsp3) is 0.310. The predicted octanol–water partition coefficient (Wildman–Crippen LogP) is 6.24. The van der Waals surface area contributed by atoms with Gasteiger partial charge in [0.05, 0.1) is 10.0 Å². The van der Waals surface area contributed by atoms with Crippen molar-refractivity contribution in [2.24, 2.45) is 0 Å². The molecule has 0 radical (unpaired) electrons. The molecule has 3 aromatic rings. The molecule has 0 saturated heterocycles. The minimum absolute atomic E-state index is 0.0264. The van der Waals surface area contributed by atoms with Crippen molar-refractivity contribution in [2.45, 2.75) is 52.2 Å². The number of amides is 2. The van der Waals surface area contributed by atoms with Crippen LogP contribution in [0.4, 0.5) is 0 Å². The molecular formula is C29H32Cl2N2O3. The first-order chi connectivity index (χ1) is 17.3. The number of carbonyl (C=O) groups is 2. The van der Waals surface area contributed by atoms with Gasteiger partial charge in [-0.1, -0.05) is 84.2 Å². The minimum Gasteiger partial charge on any atom is -0.484 e. The number of rotatable bonds is 11. The zero-order valence-corrected chi connectivity index (χ0v) is 22.4. The van der Waals surface area contributed by atoms with Gasteiger partial charge >= 0.3 is 0 Å². The van der Waals surface area contributed by atoms with Crippen molar-refractivity contribution in [1.29, 1.82) is 0 Å². The smallest absolute Gasteiger partial charge is 0.261 e. The molecule has 0 unspecified atom stereocenters. The molecule has 5 nitrogen and oxygen atoms in total. The summed E-state index contributed by atoms with van der Waals surface area (Å²) in [7, 11) is 0. The number of halogens is 2. The molecule has 2 atom stereocenters. The Morgan fingerprint density at radius 3 is 2.28 bits per heavy atom. The fourth-order valence-corrected chi connectivity index (χ4v) is 4.01. The topological polar surface area (TPSA) is 58.6 Å². The second-order valence-electron chi connectivity index (χ2n) is 8.90. The lowest BCUT2D eigenvalue weighted by Gasteiger charge is -2.32. The third-order valence-electron chi connectivity index (χ3n) is 5.99. The molecule has 0 aromatic heterocycles. The van der Waals surface area contributed by atoms with Crippen LogP contribution in [0.2, 0.25) is 10.0 Å². The molecular weight excluding hydrogens is 495 g/mol. The van der Waals surface area contributed by atoms with Gasteiger partial charge in [-0.05, 0) is 55.7 Å². The van der Waals surface area contributed by atoms with Gasteiger partial charge in [-0.3, -0.25) is 9.59 Å². The van der Waals surface area contributed by atoms with E-state index >= 15 is 0 Å². The van der Waals surface area contributed by atoms with Crippen LogP contribution in [0, 0.1) is 6.92 Å². The van der Waals surface area contributed by atoms with Crippen molar-refractivity contribution < 1.29 is 14.3 Å². The van der Waals surface area contributed by atoms with E-state index in [4.69, 9.17) is 27.9 Å². The summed E-state index contributed by atoms with van der Waals surface area (Å²) in [4.78, 5) is 28.7. The summed E-state index contributed by atoms with van der Waals surface area (Å²) in [6.07, 6.45) is 1.14. The normalized spacial score (nSPS) is 12.5. The second kappa shape index (κ2) is 13.3. The summed E-state index contributed by atoms with van der Waals surface area (Å²) < 4.78 is 5.80. The number of hydrogen-bond acceptors (Lipinski definition) is 3. The number of aryl methyl sites for hydroxylation is 1. The van der Waals surface area contributed by atoms with Gasteiger partial charge in [-0.15, -0.1) is 0 Å². The molecule has 3 aromatic carbocycles. The Morgan fingerprint density at radius 2 is 1.64 bits per heavy atom. The number of nitrogens with one attached hydrogen (secondary N) is 1. The van der Waals surface area contributed by atoms with Crippen LogP contribution < -0.4 is 10.1 Å². The van der Waals surface area contributed by atoms with E-state index in [0.717, 1.165) is 23.1 Å². The molecule has 0 spiro atoms. The largest absolute Gasteiger partial charge is 0.484 e. The van der Waals surface area contributed by atoms with Gasteiger partial charge in [0.1, 0.15) is 11.8 Å². The van der Waals surface area contributed by atoms with Crippen molar-refractivity contribution >= 4 is 35.0 Å². The lowest BCUT2D eigenvalue weighted by atomic mass is 10.0. The van der Waals surface area contributed by atoms with E-state index in [0.29, 0.717) is 22.2 Å². The highest BCUT2D eigenvalue weighted by Crippen LogP contribution is 2.24. The second-order valence-corrected chi connectivity index (χ2v) is 9.71. The summed E-state index contributed by atoms with van der Waals surface area (Å²) in [5.74, 6) is 0.0749. The van der Waals surface area contributed by atoms with Gasteiger partial charge in [0, 0.05) is 19.0 Å². The Balaban J connectivity index is 1.92. The number of benzene rings is 3. The molecule has 1 N–H and O–H groups in total. The third-order valence-corrected chi connectivity index (χ3v) is 6.73. The first-order valence-electron chi connectivity index (χ1n) is 12.0. The van der Waals surface area contributed by atoms with Gasteiger partial charge in [0.15, 0.2) is 6.61 Å². The molecule has 0 bridgehead atoms. The highest BCUT2D eigenvalue weighted by atomic mass is 35.5. The van der Waals surface area contributed by atoms with Crippen LogP contribution in [0.25, 0.3) is 0 Å². The predicted molar refractivity (Wildman–Crippen MR) is 146 cm³/mol. The van der Waals surface area contributed by atoms with E-state index in [1.165, 1.54) is 0 Å². The molecule has 36 heavy (non-hydrogen) atoms. The molecule has 3 rings (SSSR count). The summed E-state index contributed by atoms with van der Waals surface area (Å²) in [6.45, 7) is 5.91. The van der Waals surface area contributed by atoms with E-state index in [2.05, 4.69) is 5.32 Å². The first-order valence-corrected chi connectivity index (χ1v) is 12.8. The van der Waals surface area contributed by atoms with Crippen LogP contribution in [0.15, 0.2) is 72.8 Å². The quantitative estimate of drug-likeness (QED) is 0.322. The molecule has 0 heterocycles. The van der Waals surface area contributed by atoms with Crippen LogP contribution in [-0.4, -0.2) is 35.4 Å². The molecule has 190 valence electrons. The lowest BCUT2D eigenvalue weighted by Crippen LogP contribution is -2.53. The van der Waals surface area contributed by atoms with E-state index in [1.807, 2.05) is 81.4 Å². The van der Waals surface area contributed by atoms with Crippen molar-refractivity contribution in [2.75, 3.05) is 6.61 Å². The Morgan fingerprint density at radius 1 is 0.944 bits per heavy atom. The summed E-state index contributed by atoms with van der Waals surface area (Å²) in [5, 5.41) is 3.87. The maximum absolute atomic E-state index is 13.6. The highest BCUT2D eigenvalue weighted by Gasteiger charge is 2.31. The minimum atomic E-state index is -0.745. The number of carbonyl (C=O) groups excluding carboxylic acids is 2. The van der Waals surface area contributed by atoms with Crippen molar-refractivity contribution in [3.8, 4) is 5.75 Å². The third kappa shape index (κ3) is 8.00.